The van der Waals surface area contributed by atoms with Crippen LogP contribution in [0, 0.1) is 5.82 Å². The summed E-state index contributed by atoms with van der Waals surface area (Å²) in [6.45, 7) is 1.99. The Labute approximate surface area is 100 Å². The zero-order valence-electron chi connectivity index (χ0n) is 8.52. The maximum atomic E-state index is 12.9. The van der Waals surface area contributed by atoms with E-state index in [1.54, 1.807) is 0 Å². The first-order chi connectivity index (χ1) is 7.70. The molecular formula is C10H9BrFN3O. The van der Waals surface area contributed by atoms with Gasteiger partial charge in [0, 0.05) is 6.20 Å². The molecule has 0 aliphatic rings. The molecule has 1 unspecified atom stereocenters. The number of rotatable bonds is 3. The molecule has 0 fully saturated rings. The summed E-state index contributed by atoms with van der Waals surface area (Å²) < 4.78 is 18.3. The van der Waals surface area contributed by atoms with Crippen LogP contribution in [0.5, 0.6) is 0 Å². The number of aromatic nitrogens is 3. The minimum Gasteiger partial charge on any atom is -0.419 e. The molecular weight excluding hydrogens is 277 g/mol. The molecule has 0 spiro atoms. The molecule has 0 aliphatic heterocycles. The lowest BCUT2D eigenvalue weighted by molar-refractivity contribution is 0.499. The number of alkyl halides is 1. The van der Waals surface area contributed by atoms with Gasteiger partial charge in [0.05, 0.1) is 16.6 Å². The lowest BCUT2D eigenvalue weighted by atomic mass is 10.3. The van der Waals surface area contributed by atoms with Crippen molar-refractivity contribution in [2.45, 2.75) is 18.2 Å². The smallest absolute Gasteiger partial charge is 0.249 e. The van der Waals surface area contributed by atoms with Crippen molar-refractivity contribution >= 4 is 15.9 Å². The summed E-state index contributed by atoms with van der Waals surface area (Å²) in [5, 5.41) is 7.72. The van der Waals surface area contributed by atoms with Gasteiger partial charge in [0.1, 0.15) is 5.82 Å². The number of pyridine rings is 1. The van der Waals surface area contributed by atoms with Gasteiger partial charge in [-0.05, 0) is 12.5 Å². The summed E-state index contributed by atoms with van der Waals surface area (Å²) in [5.41, 5.74) is 0.481. The Morgan fingerprint density at radius 1 is 1.44 bits per heavy atom. The summed E-state index contributed by atoms with van der Waals surface area (Å²) in [6, 6.07) is 1.31. The van der Waals surface area contributed by atoms with Crippen molar-refractivity contribution in [3.8, 4) is 11.5 Å². The average Bonchev–Trinajstić information content (AvgIpc) is 2.77. The monoisotopic (exact) mass is 285 g/mol. The highest BCUT2D eigenvalue weighted by Crippen LogP contribution is 2.27. The Morgan fingerprint density at radius 3 is 2.94 bits per heavy atom. The predicted molar refractivity (Wildman–Crippen MR) is 59.4 cm³/mol. The molecule has 84 valence electrons. The molecule has 0 aliphatic carbocycles. The van der Waals surface area contributed by atoms with Gasteiger partial charge in [-0.2, -0.15) is 0 Å². The second-order valence-corrected chi connectivity index (χ2v) is 4.32. The lowest BCUT2D eigenvalue weighted by Crippen LogP contribution is -1.86. The molecule has 2 aromatic rings. The van der Waals surface area contributed by atoms with Gasteiger partial charge in [0.25, 0.3) is 0 Å². The quantitative estimate of drug-likeness (QED) is 0.813. The maximum Gasteiger partial charge on any atom is 0.249 e. The van der Waals surface area contributed by atoms with Crippen molar-refractivity contribution in [3.05, 3.63) is 30.2 Å². The van der Waals surface area contributed by atoms with Gasteiger partial charge in [-0.1, -0.05) is 22.9 Å². The van der Waals surface area contributed by atoms with E-state index in [0.717, 1.165) is 12.6 Å². The van der Waals surface area contributed by atoms with Crippen LogP contribution in [-0.4, -0.2) is 15.2 Å². The molecule has 0 saturated heterocycles. The molecule has 1 atom stereocenters. The highest BCUT2D eigenvalue weighted by atomic mass is 79.9. The van der Waals surface area contributed by atoms with Gasteiger partial charge in [0.15, 0.2) is 0 Å². The van der Waals surface area contributed by atoms with Crippen LogP contribution < -0.4 is 0 Å². The van der Waals surface area contributed by atoms with E-state index in [2.05, 4.69) is 31.1 Å². The topological polar surface area (TPSA) is 51.8 Å². The van der Waals surface area contributed by atoms with E-state index in [1.807, 2.05) is 6.92 Å². The van der Waals surface area contributed by atoms with E-state index in [4.69, 9.17) is 4.42 Å². The first-order valence-electron chi connectivity index (χ1n) is 4.79. The first kappa shape index (κ1) is 11.2. The van der Waals surface area contributed by atoms with Crippen LogP contribution >= 0.6 is 15.9 Å². The third-order valence-electron chi connectivity index (χ3n) is 2.02. The van der Waals surface area contributed by atoms with Crippen molar-refractivity contribution in [1.29, 1.82) is 0 Å². The minimum atomic E-state index is -0.428. The average molecular weight is 286 g/mol. The summed E-state index contributed by atoms with van der Waals surface area (Å²) in [4.78, 5) is 3.74. The van der Waals surface area contributed by atoms with Crippen molar-refractivity contribution < 1.29 is 8.81 Å². The SMILES string of the molecule is CCC(Br)c1nnc(-c2cncc(F)c2)o1. The Hall–Kier alpha value is -1.30. The summed E-state index contributed by atoms with van der Waals surface area (Å²) in [7, 11) is 0. The molecule has 6 heteroatoms. The van der Waals surface area contributed by atoms with Crippen molar-refractivity contribution in [2.75, 3.05) is 0 Å². The lowest BCUT2D eigenvalue weighted by Gasteiger charge is -1.98. The summed E-state index contributed by atoms with van der Waals surface area (Å²) in [6.07, 6.45) is 3.44. The van der Waals surface area contributed by atoms with Crippen LogP contribution in [0.1, 0.15) is 24.1 Å². The molecule has 2 aromatic heterocycles. The number of nitrogens with zero attached hydrogens (tertiary/aromatic N) is 3. The standard InChI is InChI=1S/C10H9BrFN3O/c1-2-8(11)10-15-14-9(16-10)6-3-7(12)5-13-4-6/h3-5,8H,2H2,1H3. The largest absolute Gasteiger partial charge is 0.419 e. The molecule has 2 rings (SSSR count). The van der Waals surface area contributed by atoms with Crippen LogP contribution in [0.15, 0.2) is 22.9 Å². The normalized spacial score (nSPS) is 12.7. The molecule has 0 amide bonds. The van der Waals surface area contributed by atoms with Gasteiger partial charge in [0.2, 0.25) is 11.8 Å². The van der Waals surface area contributed by atoms with E-state index in [9.17, 15) is 4.39 Å². The van der Waals surface area contributed by atoms with E-state index >= 15 is 0 Å². The fraction of sp³-hybridized carbons (Fsp3) is 0.300. The molecule has 0 N–H and O–H groups in total. The highest BCUT2D eigenvalue weighted by molar-refractivity contribution is 9.09. The Bertz CT molecular complexity index is 488. The number of halogens is 2. The van der Waals surface area contributed by atoms with Crippen molar-refractivity contribution in [1.82, 2.24) is 15.2 Å². The molecule has 0 radical (unpaired) electrons. The van der Waals surface area contributed by atoms with Crippen LogP contribution in [0.2, 0.25) is 0 Å². The number of hydrogen-bond acceptors (Lipinski definition) is 4. The number of hydrogen-bond donors (Lipinski definition) is 0. The second kappa shape index (κ2) is 4.69. The zero-order chi connectivity index (χ0) is 11.5. The molecule has 2 heterocycles. The molecule has 4 nitrogen and oxygen atoms in total. The van der Waals surface area contributed by atoms with Gasteiger partial charge in [-0.25, -0.2) is 4.39 Å². The van der Waals surface area contributed by atoms with Gasteiger partial charge in [-0.3, -0.25) is 4.98 Å². The minimum absolute atomic E-state index is 0.0234. The molecule has 16 heavy (non-hydrogen) atoms. The molecule has 0 bridgehead atoms. The van der Waals surface area contributed by atoms with Crippen LogP contribution in [-0.2, 0) is 0 Å². The van der Waals surface area contributed by atoms with Crippen LogP contribution in [0.3, 0.4) is 0 Å². The third-order valence-corrected chi connectivity index (χ3v) is 3.06. The Morgan fingerprint density at radius 2 is 2.25 bits per heavy atom. The summed E-state index contributed by atoms with van der Waals surface area (Å²) in [5.74, 6) is 0.338. The van der Waals surface area contributed by atoms with E-state index in [0.29, 0.717) is 11.5 Å². The van der Waals surface area contributed by atoms with Gasteiger partial charge >= 0.3 is 0 Å². The van der Waals surface area contributed by atoms with Crippen LogP contribution in [0.4, 0.5) is 4.39 Å². The van der Waals surface area contributed by atoms with Crippen molar-refractivity contribution in [2.24, 2.45) is 0 Å². The van der Waals surface area contributed by atoms with Crippen LogP contribution in [0.25, 0.3) is 11.5 Å². The van der Waals surface area contributed by atoms with Gasteiger partial charge < -0.3 is 4.42 Å². The van der Waals surface area contributed by atoms with Gasteiger partial charge in [-0.15, -0.1) is 10.2 Å². The maximum absolute atomic E-state index is 12.9. The fourth-order valence-corrected chi connectivity index (χ4v) is 1.37. The Kier molecular flexibility index (Phi) is 3.28. The molecule has 0 saturated carbocycles. The van der Waals surface area contributed by atoms with E-state index < -0.39 is 5.82 Å². The van der Waals surface area contributed by atoms with E-state index in [-0.39, 0.29) is 10.7 Å². The fourth-order valence-electron chi connectivity index (χ4n) is 1.18. The predicted octanol–water partition coefficient (Wildman–Crippen LogP) is 3.12. The Balaban J connectivity index is 2.31. The van der Waals surface area contributed by atoms with E-state index in [1.165, 1.54) is 12.3 Å². The van der Waals surface area contributed by atoms with Crippen molar-refractivity contribution in [3.63, 3.8) is 0 Å². The highest BCUT2D eigenvalue weighted by Gasteiger charge is 2.15. The third kappa shape index (κ3) is 2.27. The second-order valence-electron chi connectivity index (χ2n) is 3.21. The summed E-state index contributed by atoms with van der Waals surface area (Å²) >= 11 is 3.40. The first-order valence-corrected chi connectivity index (χ1v) is 5.70. The zero-order valence-corrected chi connectivity index (χ0v) is 10.1. The molecule has 0 aromatic carbocycles.